The number of nitrogens with one attached hydrogen (secondary N) is 1. The number of hydrogen-bond donors (Lipinski definition) is 2. The van der Waals surface area contributed by atoms with E-state index in [9.17, 15) is 19.5 Å². The summed E-state index contributed by atoms with van der Waals surface area (Å²) < 4.78 is 5.41. The number of aromatic nitrogens is 2. The highest BCUT2D eigenvalue weighted by molar-refractivity contribution is 7.14. The third-order valence-corrected chi connectivity index (χ3v) is 10.9. The van der Waals surface area contributed by atoms with Gasteiger partial charge in [-0.25, -0.2) is 9.97 Å². The Balaban J connectivity index is 1.09. The molecule has 10 nitrogen and oxygen atoms in total. The molecule has 2 aromatic heterocycles. The number of benzene rings is 2. The lowest BCUT2D eigenvalue weighted by Gasteiger charge is -2.38. The summed E-state index contributed by atoms with van der Waals surface area (Å²) in [5, 5.41) is 12.2. The van der Waals surface area contributed by atoms with Gasteiger partial charge in [0.05, 0.1) is 36.0 Å². The van der Waals surface area contributed by atoms with Crippen LogP contribution in [-0.4, -0.2) is 77.1 Å². The summed E-state index contributed by atoms with van der Waals surface area (Å²) >= 11 is 1.41. The number of anilines is 1. The average Bonchev–Trinajstić information content (AvgIpc) is 3.60. The number of rotatable bonds is 10. The lowest BCUT2D eigenvalue weighted by atomic mass is 9.89. The van der Waals surface area contributed by atoms with Crippen molar-refractivity contribution in [3.63, 3.8) is 0 Å². The van der Waals surface area contributed by atoms with Crippen LogP contribution in [0.4, 0.5) is 5.69 Å². The van der Waals surface area contributed by atoms with Crippen molar-refractivity contribution >= 4 is 34.8 Å². The van der Waals surface area contributed by atoms with Gasteiger partial charge in [0.15, 0.2) is 5.82 Å². The Kier molecular flexibility index (Phi) is 10.0. The Bertz CT molecular complexity index is 1790. The van der Waals surface area contributed by atoms with Gasteiger partial charge in [0.1, 0.15) is 11.8 Å². The highest BCUT2D eigenvalue weighted by Crippen LogP contribution is 2.32. The summed E-state index contributed by atoms with van der Waals surface area (Å²) in [7, 11) is 1.70. The van der Waals surface area contributed by atoms with Crippen LogP contribution in [0.15, 0.2) is 73.1 Å². The number of carbonyl (C=O) groups excluding carboxylic acids is 2. The molecule has 2 amide bonds. The second-order valence-corrected chi connectivity index (χ2v) is 15.0. The van der Waals surface area contributed by atoms with Gasteiger partial charge in [0, 0.05) is 43.0 Å². The molecule has 2 aliphatic rings. The molecule has 0 saturated carbocycles. The molecule has 2 aliphatic heterocycles. The number of hydrogen-bond acceptors (Lipinski definition) is 8. The predicted molar refractivity (Wildman–Crippen MR) is 190 cm³/mol. The van der Waals surface area contributed by atoms with Crippen LogP contribution in [0.2, 0.25) is 0 Å². The highest BCUT2D eigenvalue weighted by atomic mass is 32.1. The number of ether oxygens (including phenoxy) is 1. The first kappa shape index (κ1) is 34.1. The maximum absolute atomic E-state index is 13.5. The van der Waals surface area contributed by atoms with Crippen LogP contribution in [-0.2, 0) is 21.4 Å². The van der Waals surface area contributed by atoms with Gasteiger partial charge >= 0.3 is 5.97 Å². The minimum atomic E-state index is -0.919. The van der Waals surface area contributed by atoms with Crippen LogP contribution in [0.1, 0.15) is 65.2 Å². The zero-order valence-corrected chi connectivity index (χ0v) is 29.2. The van der Waals surface area contributed by atoms with Crippen LogP contribution in [0.25, 0.3) is 11.4 Å². The molecule has 1 atom stereocenters. The van der Waals surface area contributed by atoms with E-state index in [1.807, 2.05) is 48.8 Å². The molecule has 256 valence electrons. The maximum Gasteiger partial charge on any atom is 0.310 e. The normalized spacial score (nSPS) is 16.2. The Morgan fingerprint density at radius 3 is 2.31 bits per heavy atom. The van der Waals surface area contributed by atoms with Crippen LogP contribution >= 0.6 is 11.3 Å². The predicted octanol–water partition coefficient (Wildman–Crippen LogP) is 5.78. The van der Waals surface area contributed by atoms with Gasteiger partial charge < -0.3 is 25.0 Å². The van der Waals surface area contributed by atoms with E-state index in [-0.39, 0.29) is 36.7 Å². The van der Waals surface area contributed by atoms with E-state index in [1.165, 1.54) is 21.8 Å². The largest absolute Gasteiger partial charge is 0.497 e. The Labute approximate surface area is 291 Å². The smallest absolute Gasteiger partial charge is 0.310 e. The SMILES string of the molecule is COc1cccc(C2CCN(c3cnc(-c4ccc(C[C@H](NC(=O)c5ccc(C(C)(C)C)s5)C(=O)N5CC(C(=O)O)C5)cc4)nc3)CC2)c1. The molecule has 0 unspecified atom stereocenters. The quantitative estimate of drug-likeness (QED) is 0.216. The summed E-state index contributed by atoms with van der Waals surface area (Å²) in [6.07, 6.45) is 6.11. The molecule has 6 rings (SSSR count). The number of amides is 2. The first-order valence-electron chi connectivity index (χ1n) is 16.7. The van der Waals surface area contributed by atoms with E-state index >= 15 is 0 Å². The zero-order chi connectivity index (χ0) is 34.7. The van der Waals surface area contributed by atoms with Crippen molar-refractivity contribution in [1.82, 2.24) is 20.2 Å². The average molecular weight is 682 g/mol. The van der Waals surface area contributed by atoms with Crippen molar-refractivity contribution in [3.05, 3.63) is 93.9 Å². The number of carboxylic acid groups (broad SMARTS) is 1. The lowest BCUT2D eigenvalue weighted by Crippen LogP contribution is -2.59. The van der Waals surface area contributed by atoms with Crippen molar-refractivity contribution in [2.75, 3.05) is 38.2 Å². The van der Waals surface area contributed by atoms with E-state index in [1.54, 1.807) is 13.2 Å². The van der Waals surface area contributed by atoms with Crippen molar-refractivity contribution in [2.45, 2.75) is 57.4 Å². The third-order valence-electron chi connectivity index (χ3n) is 9.43. The second-order valence-electron chi connectivity index (χ2n) is 13.9. The first-order valence-corrected chi connectivity index (χ1v) is 17.5. The first-order chi connectivity index (χ1) is 23.5. The molecule has 0 radical (unpaired) electrons. The summed E-state index contributed by atoms with van der Waals surface area (Å²) in [4.78, 5) is 52.9. The lowest BCUT2D eigenvalue weighted by molar-refractivity contribution is -0.153. The summed E-state index contributed by atoms with van der Waals surface area (Å²) in [5.41, 5.74) is 3.92. The minimum absolute atomic E-state index is 0.0944. The van der Waals surface area contributed by atoms with Gasteiger partial charge in [0.25, 0.3) is 5.91 Å². The second kappa shape index (κ2) is 14.4. The number of carboxylic acids is 1. The van der Waals surface area contributed by atoms with Gasteiger partial charge in [-0.05, 0) is 59.6 Å². The number of piperidine rings is 1. The molecule has 0 aliphatic carbocycles. The van der Waals surface area contributed by atoms with Crippen molar-refractivity contribution in [3.8, 4) is 17.1 Å². The fourth-order valence-electron chi connectivity index (χ4n) is 6.35. The molecule has 2 fully saturated rings. The number of carbonyl (C=O) groups is 3. The number of methoxy groups -OCH3 is 1. The molecule has 4 aromatic rings. The van der Waals surface area contributed by atoms with Gasteiger partial charge in [-0.2, -0.15) is 0 Å². The number of likely N-dealkylation sites (tertiary alicyclic amines) is 1. The van der Waals surface area contributed by atoms with E-state index in [0.717, 1.165) is 53.4 Å². The molecule has 49 heavy (non-hydrogen) atoms. The number of nitrogens with zero attached hydrogens (tertiary/aromatic N) is 4. The maximum atomic E-state index is 13.5. The van der Waals surface area contributed by atoms with Crippen molar-refractivity contribution in [2.24, 2.45) is 5.92 Å². The molecule has 2 saturated heterocycles. The van der Waals surface area contributed by atoms with E-state index in [4.69, 9.17) is 4.74 Å². The summed E-state index contributed by atoms with van der Waals surface area (Å²) in [6.45, 7) is 8.40. The Morgan fingerprint density at radius 2 is 1.69 bits per heavy atom. The van der Waals surface area contributed by atoms with Crippen molar-refractivity contribution < 1.29 is 24.2 Å². The minimum Gasteiger partial charge on any atom is -0.497 e. The monoisotopic (exact) mass is 681 g/mol. The third kappa shape index (κ3) is 7.94. The fraction of sp³-hybridized carbons (Fsp3) is 0.395. The van der Waals surface area contributed by atoms with E-state index in [2.05, 4.69) is 59.2 Å². The van der Waals surface area contributed by atoms with Crippen LogP contribution in [0, 0.1) is 5.92 Å². The van der Waals surface area contributed by atoms with E-state index < -0.39 is 17.9 Å². The number of thiophene rings is 1. The molecule has 0 spiro atoms. The zero-order valence-electron chi connectivity index (χ0n) is 28.4. The molecular formula is C38H43N5O5S. The molecule has 2 N–H and O–H groups in total. The molecule has 4 heterocycles. The topological polar surface area (TPSA) is 125 Å². The Hall–Kier alpha value is -4.77. The van der Waals surface area contributed by atoms with Crippen molar-refractivity contribution in [1.29, 1.82) is 0 Å². The number of aliphatic carboxylic acids is 1. The van der Waals surface area contributed by atoms with Crippen LogP contribution < -0.4 is 15.0 Å². The summed E-state index contributed by atoms with van der Waals surface area (Å²) in [6, 6.07) is 18.9. The molecule has 0 bridgehead atoms. The Morgan fingerprint density at radius 1 is 1.00 bits per heavy atom. The van der Waals surface area contributed by atoms with E-state index in [0.29, 0.717) is 16.6 Å². The molecular weight excluding hydrogens is 639 g/mol. The molecule has 2 aromatic carbocycles. The highest BCUT2D eigenvalue weighted by Gasteiger charge is 2.39. The van der Waals surface area contributed by atoms with Crippen LogP contribution in [0.5, 0.6) is 5.75 Å². The summed E-state index contributed by atoms with van der Waals surface area (Å²) in [5.74, 6) is -0.102. The standard InChI is InChI=1S/C38H43N5O5S/c1-38(2,3)33-13-12-32(49-33)35(44)41-31(36(45)43-22-28(23-43)37(46)47)18-24-8-10-26(11-9-24)34-39-20-29(21-40-34)42-16-14-25(15-17-42)27-6-5-7-30(19-27)48-4/h5-13,19-21,25,28,31H,14-18,22-23H2,1-4H3,(H,41,44)(H,46,47)/t31-/m0/s1. The fourth-order valence-corrected chi connectivity index (χ4v) is 7.32. The van der Waals surface area contributed by atoms with Gasteiger partial charge in [0.2, 0.25) is 5.91 Å². The van der Waals surface area contributed by atoms with Gasteiger partial charge in [-0.3, -0.25) is 14.4 Å². The van der Waals surface area contributed by atoms with Crippen LogP contribution in [0.3, 0.4) is 0 Å². The van der Waals surface area contributed by atoms with Gasteiger partial charge in [-0.1, -0.05) is 57.2 Å². The molecule has 11 heteroatoms. The van der Waals surface area contributed by atoms with Gasteiger partial charge in [-0.15, -0.1) is 11.3 Å².